The number of rotatable bonds is 5. The fraction of sp³-hybridized carbons (Fsp3) is 0.300. The monoisotopic (exact) mass is 479 g/mol. The summed E-state index contributed by atoms with van der Waals surface area (Å²) in [6, 6.07) is 13.9. The summed E-state index contributed by atoms with van der Waals surface area (Å²) in [6.07, 6.45) is 0. The van der Waals surface area contributed by atoms with Crippen molar-refractivity contribution in [2.75, 3.05) is 37.2 Å². The number of anilines is 1. The van der Waals surface area contributed by atoms with Crippen LogP contribution in [0.4, 0.5) is 5.69 Å². The molecule has 1 fully saturated rings. The van der Waals surface area contributed by atoms with Crippen molar-refractivity contribution in [1.29, 1.82) is 0 Å². The first-order valence-electron chi connectivity index (χ1n) is 9.25. The number of halogens is 1. The Kier molecular flexibility index (Phi) is 6.71. The van der Waals surface area contributed by atoms with Crippen molar-refractivity contribution in [2.45, 2.75) is 6.92 Å². The Bertz CT molecular complexity index is 1020. The van der Waals surface area contributed by atoms with E-state index in [4.69, 9.17) is 0 Å². The minimum atomic E-state index is -3.26. The second kappa shape index (κ2) is 9.06. The van der Waals surface area contributed by atoms with E-state index in [9.17, 15) is 18.0 Å². The van der Waals surface area contributed by atoms with Crippen molar-refractivity contribution in [2.24, 2.45) is 0 Å². The topological polar surface area (TPSA) is 86.8 Å². The predicted molar refractivity (Wildman–Crippen MR) is 115 cm³/mol. The Labute approximate surface area is 178 Å². The van der Waals surface area contributed by atoms with Crippen LogP contribution in [0.5, 0.6) is 0 Å². The van der Waals surface area contributed by atoms with Crippen LogP contribution in [0, 0.1) is 0 Å². The molecule has 3 rings (SSSR count). The number of nitrogens with one attached hydrogen (secondary N) is 1. The molecule has 9 heteroatoms. The van der Waals surface area contributed by atoms with Crippen LogP contribution in [-0.2, 0) is 10.0 Å². The normalized spacial score (nSPS) is 15.2. The van der Waals surface area contributed by atoms with Crippen molar-refractivity contribution >= 4 is 43.5 Å². The summed E-state index contributed by atoms with van der Waals surface area (Å²) in [6.45, 7) is 2.77. The zero-order valence-electron chi connectivity index (χ0n) is 16.0. The SMILES string of the molecule is CCS(=O)(=O)N1CCN(C(=O)c2ccccc2NC(=O)c2ccccc2Br)CC1. The van der Waals surface area contributed by atoms with Gasteiger partial charge in [0.25, 0.3) is 11.8 Å². The van der Waals surface area contributed by atoms with Gasteiger partial charge in [-0.15, -0.1) is 0 Å². The third kappa shape index (κ3) is 4.85. The van der Waals surface area contributed by atoms with Gasteiger partial charge in [0.2, 0.25) is 10.0 Å². The molecule has 2 aromatic rings. The quantitative estimate of drug-likeness (QED) is 0.713. The highest BCUT2D eigenvalue weighted by molar-refractivity contribution is 9.10. The average molecular weight is 480 g/mol. The second-order valence-corrected chi connectivity index (χ2v) is 9.68. The van der Waals surface area contributed by atoms with Gasteiger partial charge in [-0.05, 0) is 47.1 Å². The molecule has 154 valence electrons. The molecule has 0 radical (unpaired) electrons. The Balaban J connectivity index is 1.75. The van der Waals surface area contributed by atoms with Crippen molar-refractivity contribution in [3.8, 4) is 0 Å². The summed E-state index contributed by atoms with van der Waals surface area (Å²) in [5, 5.41) is 2.81. The molecule has 0 aromatic heterocycles. The van der Waals surface area contributed by atoms with E-state index in [1.807, 2.05) is 6.07 Å². The number of piperazine rings is 1. The molecule has 2 amide bonds. The first-order valence-corrected chi connectivity index (χ1v) is 11.7. The minimum Gasteiger partial charge on any atom is -0.336 e. The molecule has 29 heavy (non-hydrogen) atoms. The molecule has 1 N–H and O–H groups in total. The van der Waals surface area contributed by atoms with E-state index in [1.54, 1.807) is 54.3 Å². The third-order valence-electron chi connectivity index (χ3n) is 4.81. The van der Waals surface area contributed by atoms with E-state index < -0.39 is 10.0 Å². The highest BCUT2D eigenvalue weighted by Crippen LogP contribution is 2.22. The van der Waals surface area contributed by atoms with E-state index >= 15 is 0 Å². The molecule has 0 unspecified atom stereocenters. The maximum absolute atomic E-state index is 13.0. The zero-order valence-corrected chi connectivity index (χ0v) is 18.4. The van der Waals surface area contributed by atoms with Crippen LogP contribution < -0.4 is 5.32 Å². The van der Waals surface area contributed by atoms with Crippen molar-refractivity contribution in [1.82, 2.24) is 9.21 Å². The lowest BCUT2D eigenvalue weighted by Gasteiger charge is -2.34. The summed E-state index contributed by atoms with van der Waals surface area (Å²) < 4.78 is 26.1. The average Bonchev–Trinajstić information content (AvgIpc) is 2.74. The van der Waals surface area contributed by atoms with E-state index in [0.717, 1.165) is 0 Å². The van der Waals surface area contributed by atoms with Crippen LogP contribution in [0.2, 0.25) is 0 Å². The Morgan fingerprint density at radius 2 is 1.55 bits per heavy atom. The molecule has 1 aliphatic heterocycles. The van der Waals surface area contributed by atoms with Crippen LogP contribution >= 0.6 is 15.9 Å². The van der Waals surface area contributed by atoms with Crippen LogP contribution in [0.1, 0.15) is 27.6 Å². The second-order valence-electron chi connectivity index (χ2n) is 6.57. The van der Waals surface area contributed by atoms with Gasteiger partial charge >= 0.3 is 0 Å². The van der Waals surface area contributed by atoms with Gasteiger partial charge in [-0.25, -0.2) is 8.42 Å². The predicted octanol–water partition coefficient (Wildman–Crippen LogP) is 2.81. The van der Waals surface area contributed by atoms with Gasteiger partial charge in [0.05, 0.1) is 22.6 Å². The van der Waals surface area contributed by atoms with Crippen molar-refractivity contribution in [3.63, 3.8) is 0 Å². The van der Waals surface area contributed by atoms with Crippen molar-refractivity contribution < 1.29 is 18.0 Å². The van der Waals surface area contributed by atoms with Crippen LogP contribution in [-0.4, -0.2) is 61.4 Å². The molecule has 2 aromatic carbocycles. The number of amides is 2. The summed E-state index contributed by atoms with van der Waals surface area (Å²) in [7, 11) is -3.26. The van der Waals surface area contributed by atoms with Crippen molar-refractivity contribution in [3.05, 3.63) is 64.1 Å². The summed E-state index contributed by atoms with van der Waals surface area (Å²) >= 11 is 3.36. The number of sulfonamides is 1. The molecule has 0 spiro atoms. The first-order chi connectivity index (χ1) is 13.8. The van der Waals surface area contributed by atoms with E-state index in [2.05, 4.69) is 21.2 Å². The molecular formula is C20H22BrN3O4S. The number of carbonyl (C=O) groups is 2. The van der Waals surface area contributed by atoms with Gasteiger partial charge in [0, 0.05) is 30.7 Å². The summed E-state index contributed by atoms with van der Waals surface area (Å²) in [5.74, 6) is -0.511. The highest BCUT2D eigenvalue weighted by Gasteiger charge is 2.29. The fourth-order valence-electron chi connectivity index (χ4n) is 3.14. The fourth-order valence-corrected chi connectivity index (χ4v) is 4.69. The van der Waals surface area contributed by atoms with Gasteiger partial charge in [-0.2, -0.15) is 4.31 Å². The molecule has 7 nitrogen and oxygen atoms in total. The number of para-hydroxylation sites is 1. The molecular weight excluding hydrogens is 458 g/mol. The lowest BCUT2D eigenvalue weighted by molar-refractivity contribution is 0.0699. The maximum Gasteiger partial charge on any atom is 0.256 e. The molecule has 1 heterocycles. The highest BCUT2D eigenvalue weighted by atomic mass is 79.9. The molecule has 0 bridgehead atoms. The van der Waals surface area contributed by atoms with Gasteiger partial charge in [-0.3, -0.25) is 9.59 Å². The number of hydrogen-bond acceptors (Lipinski definition) is 4. The zero-order chi connectivity index (χ0) is 21.0. The number of benzene rings is 2. The number of hydrogen-bond donors (Lipinski definition) is 1. The first kappa shape index (κ1) is 21.5. The van der Waals surface area contributed by atoms with E-state index in [1.165, 1.54) is 4.31 Å². The van der Waals surface area contributed by atoms with E-state index in [0.29, 0.717) is 34.4 Å². The largest absolute Gasteiger partial charge is 0.336 e. The van der Waals surface area contributed by atoms with Gasteiger partial charge in [0.1, 0.15) is 0 Å². The lowest BCUT2D eigenvalue weighted by atomic mass is 10.1. The summed E-state index contributed by atoms with van der Waals surface area (Å²) in [4.78, 5) is 27.3. The molecule has 0 saturated carbocycles. The van der Waals surface area contributed by atoms with Gasteiger partial charge < -0.3 is 10.2 Å². The van der Waals surface area contributed by atoms with Crippen LogP contribution in [0.25, 0.3) is 0 Å². The van der Waals surface area contributed by atoms with Crippen LogP contribution in [0.3, 0.4) is 0 Å². The smallest absolute Gasteiger partial charge is 0.256 e. The lowest BCUT2D eigenvalue weighted by Crippen LogP contribution is -2.51. The Hall–Kier alpha value is -2.23. The van der Waals surface area contributed by atoms with Gasteiger partial charge in [-0.1, -0.05) is 24.3 Å². The Morgan fingerprint density at radius 3 is 2.17 bits per heavy atom. The van der Waals surface area contributed by atoms with E-state index in [-0.39, 0.29) is 30.7 Å². The molecule has 1 saturated heterocycles. The molecule has 0 aliphatic carbocycles. The Morgan fingerprint density at radius 1 is 0.966 bits per heavy atom. The van der Waals surface area contributed by atoms with Crippen LogP contribution in [0.15, 0.2) is 53.0 Å². The molecule has 1 aliphatic rings. The standard InChI is InChI=1S/C20H22BrN3O4S/c1-2-29(27,28)24-13-11-23(12-14-24)20(26)16-8-4-6-10-18(16)22-19(25)15-7-3-5-9-17(15)21/h3-10H,2,11-14H2,1H3,(H,22,25). The number of nitrogens with zero attached hydrogens (tertiary/aromatic N) is 2. The molecule has 0 atom stereocenters. The number of carbonyl (C=O) groups excluding carboxylic acids is 2. The van der Waals surface area contributed by atoms with Gasteiger partial charge in [0.15, 0.2) is 0 Å². The maximum atomic E-state index is 13.0. The minimum absolute atomic E-state index is 0.0465. The summed E-state index contributed by atoms with van der Waals surface area (Å²) in [5.41, 5.74) is 1.26. The third-order valence-corrected chi connectivity index (χ3v) is 7.38.